The average Bonchev–Trinajstić information content (AvgIpc) is 2.80. The van der Waals surface area contributed by atoms with E-state index in [1.807, 2.05) is 0 Å². The minimum atomic E-state index is -1.00. The first-order valence-corrected chi connectivity index (χ1v) is 5.96. The van der Waals surface area contributed by atoms with Crippen molar-refractivity contribution in [2.75, 3.05) is 6.61 Å². The molecule has 5 nitrogen and oxygen atoms in total. The van der Waals surface area contributed by atoms with Crippen LogP contribution in [0.1, 0.15) is 19.5 Å². The van der Waals surface area contributed by atoms with Gasteiger partial charge in [0, 0.05) is 0 Å². The van der Waals surface area contributed by atoms with Crippen molar-refractivity contribution >= 4 is 0 Å². The number of rotatable bonds is 5. The largest absolute Gasteiger partial charge is 0.492 e. The normalized spacial score (nSPS) is 11.6. The zero-order chi connectivity index (χ0) is 13.9. The standard InChI is InChI=1S/C13H16FN3O2/c1-13(2,18)12-9-17(16-15-12)7-8-19-11-5-3-10(14)4-6-11/h3-6,9,18H,7-8H2,1-2H3. The highest BCUT2D eigenvalue weighted by molar-refractivity contribution is 5.21. The predicted molar refractivity (Wildman–Crippen MR) is 67.2 cm³/mol. The molecule has 0 saturated carbocycles. The molecule has 0 bridgehead atoms. The van der Waals surface area contributed by atoms with Crippen LogP contribution in [0.5, 0.6) is 5.75 Å². The van der Waals surface area contributed by atoms with Gasteiger partial charge in [-0.15, -0.1) is 5.10 Å². The highest BCUT2D eigenvalue weighted by Gasteiger charge is 2.19. The summed E-state index contributed by atoms with van der Waals surface area (Å²) in [4.78, 5) is 0. The monoisotopic (exact) mass is 265 g/mol. The predicted octanol–water partition coefficient (Wildman–Crippen LogP) is 1.72. The van der Waals surface area contributed by atoms with E-state index >= 15 is 0 Å². The number of aliphatic hydroxyl groups is 1. The Hall–Kier alpha value is -1.95. The number of nitrogens with zero attached hydrogens (tertiary/aromatic N) is 3. The number of benzene rings is 1. The molecule has 0 fully saturated rings. The molecule has 0 saturated heterocycles. The van der Waals surface area contributed by atoms with Gasteiger partial charge in [-0.05, 0) is 38.1 Å². The fraction of sp³-hybridized carbons (Fsp3) is 0.385. The average molecular weight is 265 g/mol. The Morgan fingerprint density at radius 2 is 2.00 bits per heavy atom. The summed E-state index contributed by atoms with van der Waals surface area (Å²) < 4.78 is 19.7. The van der Waals surface area contributed by atoms with E-state index in [0.717, 1.165) is 0 Å². The second kappa shape index (κ2) is 5.36. The zero-order valence-electron chi connectivity index (χ0n) is 10.9. The van der Waals surface area contributed by atoms with Crippen LogP contribution in [0, 0.1) is 5.82 Å². The Labute approximate surface area is 110 Å². The van der Waals surface area contributed by atoms with Crippen LogP contribution in [0.25, 0.3) is 0 Å². The fourth-order valence-corrected chi connectivity index (χ4v) is 1.48. The molecular formula is C13H16FN3O2. The molecule has 2 rings (SSSR count). The minimum Gasteiger partial charge on any atom is -0.492 e. The summed E-state index contributed by atoms with van der Waals surface area (Å²) in [5.41, 5.74) is -0.495. The molecule has 0 atom stereocenters. The summed E-state index contributed by atoms with van der Waals surface area (Å²) in [6.45, 7) is 4.19. The van der Waals surface area contributed by atoms with Crippen molar-refractivity contribution in [3.8, 4) is 5.75 Å². The van der Waals surface area contributed by atoms with Gasteiger partial charge in [-0.25, -0.2) is 9.07 Å². The Balaban J connectivity index is 1.86. The summed E-state index contributed by atoms with van der Waals surface area (Å²) in [5.74, 6) is 0.308. The third-order valence-corrected chi connectivity index (χ3v) is 2.57. The quantitative estimate of drug-likeness (QED) is 0.894. The smallest absolute Gasteiger partial charge is 0.123 e. The summed E-state index contributed by atoms with van der Waals surface area (Å²) in [6, 6.07) is 5.83. The number of aromatic nitrogens is 3. The molecule has 0 unspecified atom stereocenters. The van der Waals surface area contributed by atoms with Crippen molar-refractivity contribution in [2.45, 2.75) is 26.0 Å². The van der Waals surface area contributed by atoms with Crippen LogP contribution < -0.4 is 4.74 Å². The molecule has 1 N–H and O–H groups in total. The summed E-state index contributed by atoms with van der Waals surface area (Å²) in [6.07, 6.45) is 1.67. The molecule has 0 aliphatic carbocycles. The van der Waals surface area contributed by atoms with Gasteiger partial charge < -0.3 is 9.84 Å². The Bertz CT molecular complexity index is 532. The second-order valence-electron chi connectivity index (χ2n) is 4.73. The van der Waals surface area contributed by atoms with E-state index in [1.54, 1.807) is 36.9 Å². The Morgan fingerprint density at radius 1 is 1.32 bits per heavy atom. The van der Waals surface area contributed by atoms with Crippen molar-refractivity contribution in [1.29, 1.82) is 0 Å². The van der Waals surface area contributed by atoms with Crippen LogP contribution in [0.15, 0.2) is 30.5 Å². The van der Waals surface area contributed by atoms with E-state index < -0.39 is 5.60 Å². The highest BCUT2D eigenvalue weighted by Crippen LogP contribution is 2.15. The number of halogens is 1. The lowest BCUT2D eigenvalue weighted by molar-refractivity contribution is 0.0737. The molecule has 0 spiro atoms. The van der Waals surface area contributed by atoms with Crippen LogP contribution in [-0.2, 0) is 12.1 Å². The van der Waals surface area contributed by atoms with Crippen LogP contribution in [0.4, 0.5) is 4.39 Å². The lowest BCUT2D eigenvalue weighted by Crippen LogP contribution is -2.16. The van der Waals surface area contributed by atoms with E-state index in [2.05, 4.69) is 10.3 Å². The van der Waals surface area contributed by atoms with Crippen molar-refractivity contribution in [2.24, 2.45) is 0 Å². The number of ether oxygens (including phenoxy) is 1. The number of hydrogen-bond acceptors (Lipinski definition) is 4. The van der Waals surface area contributed by atoms with Gasteiger partial charge in [-0.1, -0.05) is 5.21 Å². The molecule has 1 aromatic carbocycles. The summed E-state index contributed by atoms with van der Waals surface area (Å²) >= 11 is 0. The first kappa shape index (κ1) is 13.5. The van der Waals surface area contributed by atoms with Gasteiger partial charge in [-0.2, -0.15) is 0 Å². The van der Waals surface area contributed by atoms with Crippen molar-refractivity contribution in [3.63, 3.8) is 0 Å². The highest BCUT2D eigenvalue weighted by atomic mass is 19.1. The maximum absolute atomic E-state index is 12.7. The molecule has 102 valence electrons. The van der Waals surface area contributed by atoms with Crippen molar-refractivity contribution in [3.05, 3.63) is 42.0 Å². The summed E-state index contributed by atoms with van der Waals surface area (Å²) in [7, 11) is 0. The van der Waals surface area contributed by atoms with Crippen molar-refractivity contribution < 1.29 is 14.2 Å². The molecule has 0 amide bonds. The topological polar surface area (TPSA) is 60.2 Å². The van der Waals surface area contributed by atoms with Gasteiger partial charge in [0.25, 0.3) is 0 Å². The molecule has 1 heterocycles. The first-order valence-electron chi connectivity index (χ1n) is 5.96. The minimum absolute atomic E-state index is 0.293. The van der Waals surface area contributed by atoms with Crippen LogP contribution in [0.2, 0.25) is 0 Å². The lowest BCUT2D eigenvalue weighted by Gasteiger charge is -2.11. The van der Waals surface area contributed by atoms with Crippen molar-refractivity contribution in [1.82, 2.24) is 15.0 Å². The summed E-state index contributed by atoms with van der Waals surface area (Å²) in [5, 5.41) is 17.5. The molecule has 2 aromatic rings. The van der Waals surface area contributed by atoms with E-state index in [0.29, 0.717) is 24.6 Å². The van der Waals surface area contributed by atoms with E-state index in [-0.39, 0.29) is 5.82 Å². The van der Waals surface area contributed by atoms with E-state index in [1.165, 1.54) is 12.1 Å². The van der Waals surface area contributed by atoms with Gasteiger partial charge >= 0.3 is 0 Å². The fourth-order valence-electron chi connectivity index (χ4n) is 1.48. The van der Waals surface area contributed by atoms with Gasteiger partial charge in [-0.3, -0.25) is 0 Å². The first-order chi connectivity index (χ1) is 8.95. The van der Waals surface area contributed by atoms with Crippen LogP contribution in [0.3, 0.4) is 0 Å². The third-order valence-electron chi connectivity index (χ3n) is 2.57. The van der Waals surface area contributed by atoms with Gasteiger partial charge in [0.05, 0.1) is 12.7 Å². The van der Waals surface area contributed by atoms with Crippen LogP contribution >= 0.6 is 0 Å². The maximum Gasteiger partial charge on any atom is 0.123 e. The lowest BCUT2D eigenvalue weighted by atomic mass is 10.1. The van der Waals surface area contributed by atoms with Crippen LogP contribution in [-0.4, -0.2) is 26.7 Å². The molecule has 6 heteroatoms. The van der Waals surface area contributed by atoms with Gasteiger partial charge in [0.15, 0.2) is 0 Å². The van der Waals surface area contributed by atoms with Gasteiger partial charge in [0.1, 0.15) is 29.5 Å². The van der Waals surface area contributed by atoms with E-state index in [9.17, 15) is 9.50 Å². The zero-order valence-corrected chi connectivity index (χ0v) is 10.9. The Morgan fingerprint density at radius 3 is 2.58 bits per heavy atom. The molecule has 0 radical (unpaired) electrons. The van der Waals surface area contributed by atoms with E-state index in [4.69, 9.17) is 4.74 Å². The third kappa shape index (κ3) is 3.75. The second-order valence-corrected chi connectivity index (χ2v) is 4.73. The number of hydrogen-bond donors (Lipinski definition) is 1. The molecule has 19 heavy (non-hydrogen) atoms. The SMILES string of the molecule is CC(C)(O)c1cn(CCOc2ccc(F)cc2)nn1. The molecule has 1 aromatic heterocycles. The molecule has 0 aliphatic rings. The molecular weight excluding hydrogens is 249 g/mol. The maximum atomic E-state index is 12.7. The Kier molecular flexibility index (Phi) is 3.80. The molecule has 0 aliphatic heterocycles. The van der Waals surface area contributed by atoms with Gasteiger partial charge in [0.2, 0.25) is 0 Å².